The van der Waals surface area contributed by atoms with Gasteiger partial charge in [-0.2, -0.15) is 0 Å². The maximum atomic E-state index is 11.6. The zero-order valence-electron chi connectivity index (χ0n) is 7.81. The minimum Gasteiger partial charge on any atom is -0.355 e. The summed E-state index contributed by atoms with van der Waals surface area (Å²) in [6.45, 7) is 1.80. The minimum atomic E-state index is -0.276. The van der Waals surface area contributed by atoms with Crippen molar-refractivity contribution in [3.8, 4) is 0 Å². The van der Waals surface area contributed by atoms with Gasteiger partial charge in [0.2, 0.25) is 5.91 Å². The molecule has 0 bridgehead atoms. The van der Waals surface area contributed by atoms with E-state index in [4.69, 9.17) is 0 Å². The molecule has 4 heteroatoms. The van der Waals surface area contributed by atoms with Crippen LogP contribution in [0, 0.1) is 5.92 Å². The topological polar surface area (TPSA) is 41.1 Å². The summed E-state index contributed by atoms with van der Waals surface area (Å²) in [5, 5.41) is 5.87. The number of hydrogen-bond donors (Lipinski definition) is 2. The van der Waals surface area contributed by atoms with Crippen molar-refractivity contribution < 1.29 is 9.18 Å². The molecule has 13 heavy (non-hydrogen) atoms. The van der Waals surface area contributed by atoms with Crippen LogP contribution in [0.4, 0.5) is 4.39 Å². The van der Waals surface area contributed by atoms with Gasteiger partial charge in [0.25, 0.3) is 0 Å². The third-order valence-corrected chi connectivity index (χ3v) is 2.04. The van der Waals surface area contributed by atoms with E-state index >= 15 is 0 Å². The predicted molar refractivity (Wildman–Crippen MR) is 49.2 cm³/mol. The lowest BCUT2D eigenvalue weighted by atomic mass is 10.4. The lowest BCUT2D eigenvalue weighted by Gasteiger charge is -2.04. The second-order valence-corrected chi connectivity index (χ2v) is 3.36. The first-order valence-corrected chi connectivity index (χ1v) is 4.89. The minimum absolute atomic E-state index is 0.173. The first-order valence-electron chi connectivity index (χ1n) is 4.89. The van der Waals surface area contributed by atoms with Crippen molar-refractivity contribution in [3.05, 3.63) is 0 Å². The predicted octanol–water partition coefficient (Wildman–Crippen LogP) is 0.462. The van der Waals surface area contributed by atoms with Crippen LogP contribution in [-0.4, -0.2) is 32.2 Å². The van der Waals surface area contributed by atoms with Crippen molar-refractivity contribution in [3.63, 3.8) is 0 Å². The summed E-state index contributed by atoms with van der Waals surface area (Å²) in [7, 11) is 0. The molecule has 0 spiro atoms. The normalized spacial score (nSPS) is 15.8. The van der Waals surface area contributed by atoms with Gasteiger partial charge in [-0.3, -0.25) is 9.18 Å². The smallest absolute Gasteiger partial charge is 0.223 e. The molecule has 0 aromatic rings. The van der Waals surface area contributed by atoms with Crippen LogP contribution >= 0.6 is 0 Å². The summed E-state index contributed by atoms with van der Waals surface area (Å²) in [6, 6.07) is 0. The first kappa shape index (κ1) is 10.4. The molecular formula is C9H17FN2O. The molecule has 3 nitrogen and oxygen atoms in total. The molecule has 0 heterocycles. The van der Waals surface area contributed by atoms with Gasteiger partial charge in [-0.25, -0.2) is 0 Å². The van der Waals surface area contributed by atoms with E-state index in [0.717, 1.165) is 19.4 Å². The van der Waals surface area contributed by atoms with Gasteiger partial charge in [0.1, 0.15) is 0 Å². The molecule has 1 saturated carbocycles. The van der Waals surface area contributed by atoms with Crippen LogP contribution in [0.1, 0.15) is 19.3 Å². The van der Waals surface area contributed by atoms with Crippen molar-refractivity contribution >= 4 is 5.91 Å². The Kier molecular flexibility index (Phi) is 4.75. The highest BCUT2D eigenvalue weighted by Gasteiger charge is 2.28. The summed E-state index contributed by atoms with van der Waals surface area (Å²) in [6.07, 6.45) is 2.64. The van der Waals surface area contributed by atoms with Crippen LogP contribution < -0.4 is 10.6 Å². The fourth-order valence-electron chi connectivity index (χ4n) is 1.08. The number of carbonyl (C=O) groups is 1. The van der Waals surface area contributed by atoms with Gasteiger partial charge in [-0.05, 0) is 25.8 Å². The first-order chi connectivity index (χ1) is 6.34. The molecule has 0 aromatic carbocycles. The Bertz CT molecular complexity index is 160. The number of rotatable bonds is 7. The molecule has 0 radical (unpaired) electrons. The monoisotopic (exact) mass is 188 g/mol. The third-order valence-electron chi connectivity index (χ3n) is 2.04. The molecule has 0 atom stereocenters. The van der Waals surface area contributed by atoms with E-state index in [2.05, 4.69) is 10.6 Å². The second-order valence-electron chi connectivity index (χ2n) is 3.36. The number of halogens is 1. The summed E-state index contributed by atoms with van der Waals surface area (Å²) in [5.74, 6) is 0.457. The molecule has 1 fully saturated rings. The van der Waals surface area contributed by atoms with Crippen LogP contribution in [0.3, 0.4) is 0 Å². The fourth-order valence-corrected chi connectivity index (χ4v) is 1.08. The van der Waals surface area contributed by atoms with Gasteiger partial charge >= 0.3 is 0 Å². The zero-order chi connectivity index (χ0) is 9.52. The Morgan fingerprint density at radius 3 is 2.69 bits per heavy atom. The number of nitrogens with one attached hydrogen (secondary N) is 2. The van der Waals surface area contributed by atoms with Gasteiger partial charge in [-0.1, -0.05) is 0 Å². The average Bonchev–Trinajstić information content (AvgIpc) is 2.93. The lowest BCUT2D eigenvalue weighted by molar-refractivity contribution is -0.122. The fraction of sp³-hybridized carbons (Fsp3) is 0.889. The molecule has 0 aliphatic heterocycles. The van der Waals surface area contributed by atoms with E-state index in [-0.39, 0.29) is 18.5 Å². The molecule has 1 aliphatic rings. The van der Waals surface area contributed by atoms with Gasteiger partial charge in [0.15, 0.2) is 0 Å². The second kappa shape index (κ2) is 5.91. The van der Waals surface area contributed by atoms with Crippen molar-refractivity contribution in [1.29, 1.82) is 0 Å². The zero-order valence-corrected chi connectivity index (χ0v) is 7.81. The maximum absolute atomic E-state index is 11.6. The maximum Gasteiger partial charge on any atom is 0.223 e. The van der Waals surface area contributed by atoms with Crippen LogP contribution in [0.15, 0.2) is 0 Å². The highest BCUT2D eigenvalue weighted by Crippen LogP contribution is 2.28. The van der Waals surface area contributed by atoms with Gasteiger partial charge in [-0.15, -0.1) is 0 Å². The van der Waals surface area contributed by atoms with E-state index in [1.165, 1.54) is 0 Å². The van der Waals surface area contributed by atoms with Crippen LogP contribution in [-0.2, 0) is 4.79 Å². The Labute approximate surface area is 78.1 Å². The molecule has 1 amide bonds. The number of amides is 1. The van der Waals surface area contributed by atoms with E-state index in [1.807, 2.05) is 0 Å². The van der Waals surface area contributed by atoms with Gasteiger partial charge < -0.3 is 10.6 Å². The molecule has 0 unspecified atom stereocenters. The lowest BCUT2D eigenvalue weighted by Crippen LogP contribution is -2.33. The quantitative estimate of drug-likeness (QED) is 0.570. The van der Waals surface area contributed by atoms with E-state index in [1.54, 1.807) is 0 Å². The van der Waals surface area contributed by atoms with E-state index in [9.17, 15) is 9.18 Å². The third kappa shape index (κ3) is 4.83. The Morgan fingerprint density at radius 1 is 1.31 bits per heavy atom. The van der Waals surface area contributed by atoms with E-state index < -0.39 is 0 Å². The molecule has 1 aliphatic carbocycles. The SMILES string of the molecule is O=C(NCCNCCCF)C1CC1. The Morgan fingerprint density at radius 2 is 2.08 bits per heavy atom. The van der Waals surface area contributed by atoms with Crippen LogP contribution in [0.5, 0.6) is 0 Å². The van der Waals surface area contributed by atoms with Crippen LogP contribution in [0.25, 0.3) is 0 Å². The number of hydrogen-bond acceptors (Lipinski definition) is 2. The Hall–Kier alpha value is -0.640. The standard InChI is InChI=1S/C9H17FN2O/c10-4-1-5-11-6-7-12-9(13)8-2-3-8/h8,11H,1-7H2,(H,12,13). The Balaban J connectivity index is 1.80. The van der Waals surface area contributed by atoms with Crippen LogP contribution in [0.2, 0.25) is 0 Å². The highest BCUT2D eigenvalue weighted by molar-refractivity contribution is 5.80. The summed E-state index contributed by atoms with van der Waals surface area (Å²) in [4.78, 5) is 11.1. The highest BCUT2D eigenvalue weighted by atomic mass is 19.1. The van der Waals surface area contributed by atoms with Crippen molar-refractivity contribution in [2.45, 2.75) is 19.3 Å². The molecule has 1 rings (SSSR count). The van der Waals surface area contributed by atoms with Crippen molar-refractivity contribution in [2.24, 2.45) is 5.92 Å². The van der Waals surface area contributed by atoms with Gasteiger partial charge in [0, 0.05) is 19.0 Å². The number of alkyl halides is 1. The summed E-state index contributed by atoms with van der Waals surface area (Å²) in [5.41, 5.74) is 0. The largest absolute Gasteiger partial charge is 0.355 e. The van der Waals surface area contributed by atoms with Crippen molar-refractivity contribution in [2.75, 3.05) is 26.3 Å². The van der Waals surface area contributed by atoms with Crippen molar-refractivity contribution in [1.82, 2.24) is 10.6 Å². The molecule has 0 aromatic heterocycles. The average molecular weight is 188 g/mol. The molecule has 76 valence electrons. The molecular weight excluding hydrogens is 171 g/mol. The molecule has 0 saturated heterocycles. The number of carbonyl (C=O) groups excluding carboxylic acids is 1. The van der Waals surface area contributed by atoms with E-state index in [0.29, 0.717) is 19.5 Å². The van der Waals surface area contributed by atoms with Gasteiger partial charge in [0.05, 0.1) is 6.67 Å². The summed E-state index contributed by atoms with van der Waals surface area (Å²) >= 11 is 0. The summed E-state index contributed by atoms with van der Waals surface area (Å²) < 4.78 is 11.6. The molecule has 2 N–H and O–H groups in total.